The molecule has 0 saturated carbocycles. The number of aromatic nitrogens is 2. The van der Waals surface area contributed by atoms with E-state index in [4.69, 9.17) is 4.74 Å². The molecule has 0 saturated heterocycles. The second-order valence-electron chi connectivity index (χ2n) is 4.94. The summed E-state index contributed by atoms with van der Waals surface area (Å²) >= 11 is 0. The highest BCUT2D eigenvalue weighted by Gasteiger charge is 2.04. The van der Waals surface area contributed by atoms with E-state index >= 15 is 0 Å². The van der Waals surface area contributed by atoms with Crippen molar-refractivity contribution in [3.8, 4) is 5.75 Å². The number of hydrogen-bond acceptors (Lipinski definition) is 4. The molecule has 1 N–H and O–H groups in total. The van der Waals surface area contributed by atoms with Gasteiger partial charge < -0.3 is 10.1 Å². The Bertz CT molecular complexity index is 514. The van der Waals surface area contributed by atoms with Crippen LogP contribution in [-0.2, 0) is 13.0 Å². The van der Waals surface area contributed by atoms with E-state index in [-0.39, 0.29) is 0 Å². The van der Waals surface area contributed by atoms with Gasteiger partial charge in [-0.1, -0.05) is 19.9 Å². The molecule has 0 radical (unpaired) electrons. The molecular weight excluding hydrogens is 250 g/mol. The van der Waals surface area contributed by atoms with Crippen LogP contribution in [0.1, 0.15) is 25.1 Å². The van der Waals surface area contributed by atoms with Gasteiger partial charge in [0.15, 0.2) is 0 Å². The van der Waals surface area contributed by atoms with Crippen molar-refractivity contribution < 1.29 is 4.74 Å². The number of ether oxygens (including phenoxy) is 1. The summed E-state index contributed by atoms with van der Waals surface area (Å²) in [5, 5.41) is 3.39. The van der Waals surface area contributed by atoms with Gasteiger partial charge >= 0.3 is 0 Å². The Morgan fingerprint density at radius 1 is 1.20 bits per heavy atom. The molecule has 0 spiro atoms. The molecule has 4 heteroatoms. The van der Waals surface area contributed by atoms with Gasteiger partial charge in [-0.15, -0.1) is 0 Å². The first-order valence-electron chi connectivity index (χ1n) is 6.94. The third kappa shape index (κ3) is 4.63. The topological polar surface area (TPSA) is 47.0 Å². The fourth-order valence-corrected chi connectivity index (χ4v) is 1.81. The van der Waals surface area contributed by atoms with Crippen LogP contribution >= 0.6 is 0 Å². The van der Waals surface area contributed by atoms with Crippen LogP contribution in [-0.4, -0.2) is 22.6 Å². The quantitative estimate of drug-likeness (QED) is 0.841. The zero-order chi connectivity index (χ0) is 14.2. The van der Waals surface area contributed by atoms with E-state index in [2.05, 4.69) is 29.1 Å². The zero-order valence-electron chi connectivity index (χ0n) is 12.0. The first-order valence-corrected chi connectivity index (χ1v) is 6.94. The summed E-state index contributed by atoms with van der Waals surface area (Å²) in [5.41, 5.74) is 2.17. The SMILES string of the molecule is CC(C)NCc1ccncc1OCCc1ccccn1. The van der Waals surface area contributed by atoms with Gasteiger partial charge in [0, 0.05) is 42.7 Å². The van der Waals surface area contributed by atoms with Crippen LogP contribution in [0.25, 0.3) is 0 Å². The molecule has 0 aliphatic rings. The lowest BCUT2D eigenvalue weighted by atomic mass is 10.2. The smallest absolute Gasteiger partial charge is 0.142 e. The highest BCUT2D eigenvalue weighted by molar-refractivity contribution is 5.29. The van der Waals surface area contributed by atoms with Gasteiger partial charge in [-0.25, -0.2) is 0 Å². The van der Waals surface area contributed by atoms with E-state index in [1.54, 1.807) is 18.6 Å². The Kier molecular flexibility index (Phi) is 5.50. The van der Waals surface area contributed by atoms with E-state index < -0.39 is 0 Å². The molecule has 0 aromatic carbocycles. The Balaban J connectivity index is 1.89. The van der Waals surface area contributed by atoms with Crippen LogP contribution in [0, 0.1) is 0 Å². The maximum Gasteiger partial charge on any atom is 0.142 e. The van der Waals surface area contributed by atoms with Crippen molar-refractivity contribution in [3.63, 3.8) is 0 Å². The number of pyridine rings is 2. The molecule has 2 rings (SSSR count). The van der Waals surface area contributed by atoms with Crippen molar-refractivity contribution in [3.05, 3.63) is 54.1 Å². The van der Waals surface area contributed by atoms with Crippen molar-refractivity contribution in [2.45, 2.75) is 32.9 Å². The molecule has 2 heterocycles. The lowest BCUT2D eigenvalue weighted by Gasteiger charge is -2.13. The molecule has 0 aliphatic heterocycles. The minimum atomic E-state index is 0.449. The highest BCUT2D eigenvalue weighted by atomic mass is 16.5. The summed E-state index contributed by atoms with van der Waals surface area (Å²) in [6, 6.07) is 8.36. The Hall–Kier alpha value is -1.94. The molecule has 0 atom stereocenters. The Morgan fingerprint density at radius 3 is 2.85 bits per heavy atom. The summed E-state index contributed by atoms with van der Waals surface area (Å²) in [7, 11) is 0. The molecule has 106 valence electrons. The molecule has 0 aliphatic carbocycles. The average molecular weight is 271 g/mol. The fraction of sp³-hybridized carbons (Fsp3) is 0.375. The average Bonchev–Trinajstić information content (AvgIpc) is 2.47. The van der Waals surface area contributed by atoms with Crippen LogP contribution in [0.4, 0.5) is 0 Å². The van der Waals surface area contributed by atoms with Crippen LogP contribution in [0.5, 0.6) is 5.75 Å². The first-order chi connectivity index (χ1) is 9.75. The molecule has 4 nitrogen and oxygen atoms in total. The number of nitrogens with one attached hydrogen (secondary N) is 1. The van der Waals surface area contributed by atoms with E-state index in [9.17, 15) is 0 Å². The van der Waals surface area contributed by atoms with Crippen LogP contribution < -0.4 is 10.1 Å². The van der Waals surface area contributed by atoms with Gasteiger partial charge in [0.2, 0.25) is 0 Å². The highest BCUT2D eigenvalue weighted by Crippen LogP contribution is 2.16. The minimum Gasteiger partial charge on any atom is -0.491 e. The van der Waals surface area contributed by atoms with Gasteiger partial charge in [-0.3, -0.25) is 9.97 Å². The maximum atomic E-state index is 5.83. The minimum absolute atomic E-state index is 0.449. The summed E-state index contributed by atoms with van der Waals surface area (Å²) in [6.45, 7) is 5.65. The maximum absolute atomic E-state index is 5.83. The summed E-state index contributed by atoms with van der Waals surface area (Å²) in [5.74, 6) is 0.844. The van der Waals surface area contributed by atoms with Crippen LogP contribution in [0.2, 0.25) is 0 Å². The number of rotatable bonds is 7. The summed E-state index contributed by atoms with van der Waals surface area (Å²) in [6.07, 6.45) is 6.17. The van der Waals surface area contributed by atoms with E-state index in [0.29, 0.717) is 12.6 Å². The molecule has 0 unspecified atom stereocenters. The van der Waals surface area contributed by atoms with Crippen molar-refractivity contribution in [2.75, 3.05) is 6.61 Å². The predicted molar refractivity (Wildman–Crippen MR) is 79.6 cm³/mol. The van der Waals surface area contributed by atoms with E-state index in [1.807, 2.05) is 24.3 Å². The number of hydrogen-bond donors (Lipinski definition) is 1. The Morgan fingerprint density at radius 2 is 2.10 bits per heavy atom. The third-order valence-electron chi connectivity index (χ3n) is 2.91. The molecule has 20 heavy (non-hydrogen) atoms. The number of nitrogens with zero attached hydrogens (tertiary/aromatic N) is 2. The van der Waals surface area contributed by atoms with Gasteiger partial charge in [0.1, 0.15) is 5.75 Å². The van der Waals surface area contributed by atoms with E-state index in [1.165, 1.54) is 0 Å². The zero-order valence-corrected chi connectivity index (χ0v) is 12.0. The molecule has 0 amide bonds. The lowest BCUT2D eigenvalue weighted by molar-refractivity contribution is 0.314. The van der Waals surface area contributed by atoms with Crippen molar-refractivity contribution in [2.24, 2.45) is 0 Å². The molecule has 0 bridgehead atoms. The van der Waals surface area contributed by atoms with Crippen molar-refractivity contribution in [1.29, 1.82) is 0 Å². The van der Waals surface area contributed by atoms with E-state index in [0.717, 1.165) is 30.0 Å². The van der Waals surface area contributed by atoms with Gasteiger partial charge in [0.05, 0.1) is 12.8 Å². The molecule has 0 fully saturated rings. The largest absolute Gasteiger partial charge is 0.491 e. The summed E-state index contributed by atoms with van der Waals surface area (Å²) in [4.78, 5) is 8.41. The molecular formula is C16H21N3O. The van der Waals surface area contributed by atoms with Gasteiger partial charge in [-0.2, -0.15) is 0 Å². The normalized spacial score (nSPS) is 10.8. The van der Waals surface area contributed by atoms with Crippen molar-refractivity contribution in [1.82, 2.24) is 15.3 Å². The second kappa shape index (κ2) is 7.60. The Labute approximate surface area is 120 Å². The fourth-order valence-electron chi connectivity index (χ4n) is 1.81. The van der Waals surface area contributed by atoms with Crippen LogP contribution in [0.15, 0.2) is 42.9 Å². The molecule has 2 aromatic rings. The standard InChI is InChI=1S/C16H21N3O/c1-13(2)19-11-14-6-9-17-12-16(14)20-10-7-15-5-3-4-8-18-15/h3-6,8-9,12-13,19H,7,10-11H2,1-2H3. The third-order valence-corrected chi connectivity index (χ3v) is 2.91. The lowest BCUT2D eigenvalue weighted by Crippen LogP contribution is -2.22. The monoisotopic (exact) mass is 271 g/mol. The molecule has 2 aromatic heterocycles. The van der Waals surface area contributed by atoms with Gasteiger partial charge in [-0.05, 0) is 18.2 Å². The van der Waals surface area contributed by atoms with Crippen LogP contribution in [0.3, 0.4) is 0 Å². The van der Waals surface area contributed by atoms with Crippen molar-refractivity contribution >= 4 is 0 Å². The second-order valence-corrected chi connectivity index (χ2v) is 4.94. The predicted octanol–water partition coefficient (Wildman–Crippen LogP) is 2.60. The summed E-state index contributed by atoms with van der Waals surface area (Å²) < 4.78 is 5.83. The van der Waals surface area contributed by atoms with Gasteiger partial charge in [0.25, 0.3) is 0 Å². The first kappa shape index (κ1) is 14.5.